The average molecular weight is 386 g/mol. The van der Waals surface area contributed by atoms with Crippen LogP contribution in [0, 0.1) is 6.57 Å². The zero-order valence-electron chi connectivity index (χ0n) is 15.5. The van der Waals surface area contributed by atoms with Crippen molar-refractivity contribution < 1.29 is 5.11 Å². The maximum atomic E-state index is 12.1. The number of nitrogens with zero attached hydrogens (tertiary/aromatic N) is 4. The minimum absolute atomic E-state index is 0.0807. The lowest BCUT2D eigenvalue weighted by molar-refractivity contribution is 0.270. The largest absolute Gasteiger partial charge is 0.394 e. The third-order valence-electron chi connectivity index (χ3n) is 4.80. The molecule has 0 unspecified atom stereocenters. The Hall–Kier alpha value is -3.80. The summed E-state index contributed by atoms with van der Waals surface area (Å²) in [7, 11) is 0. The van der Waals surface area contributed by atoms with E-state index in [9.17, 15) is 9.90 Å². The first-order chi connectivity index (χ1) is 14.2. The van der Waals surface area contributed by atoms with Crippen molar-refractivity contribution in [3.05, 3.63) is 76.1 Å². The maximum absolute atomic E-state index is 12.1. The van der Waals surface area contributed by atoms with Gasteiger partial charge in [-0.1, -0.05) is 30.3 Å². The summed E-state index contributed by atoms with van der Waals surface area (Å²) in [5, 5.41) is 21.6. The van der Waals surface area contributed by atoms with Gasteiger partial charge in [-0.05, 0) is 17.7 Å². The smallest absolute Gasteiger partial charge is 0.272 e. The molecule has 4 rings (SSSR count). The van der Waals surface area contributed by atoms with Gasteiger partial charge in [0.2, 0.25) is 0 Å². The molecular weight excluding hydrogens is 368 g/mol. The molecule has 4 aromatic rings. The SMILES string of the molecule is [C-]#[N+]c1ccccc1-c1c(-c2ccc3c(=O)[nH]nc(CN)c3c2)cnn1CCO. The third kappa shape index (κ3) is 3.18. The lowest BCUT2D eigenvalue weighted by Gasteiger charge is -2.12. The van der Waals surface area contributed by atoms with Crippen LogP contribution in [-0.2, 0) is 13.1 Å². The molecule has 0 saturated heterocycles. The highest BCUT2D eigenvalue weighted by atomic mass is 16.3. The molecule has 0 aliphatic heterocycles. The topological polar surface area (TPSA) is 114 Å². The van der Waals surface area contributed by atoms with Crippen molar-refractivity contribution in [2.24, 2.45) is 5.73 Å². The van der Waals surface area contributed by atoms with Gasteiger partial charge in [-0.3, -0.25) is 9.48 Å². The van der Waals surface area contributed by atoms with Gasteiger partial charge in [-0.15, -0.1) is 0 Å². The number of nitrogens with two attached hydrogens (primary N) is 1. The van der Waals surface area contributed by atoms with E-state index in [1.807, 2.05) is 30.3 Å². The number of hydrogen-bond acceptors (Lipinski definition) is 5. The van der Waals surface area contributed by atoms with Crippen LogP contribution in [-0.4, -0.2) is 31.7 Å². The van der Waals surface area contributed by atoms with E-state index in [1.165, 1.54) is 0 Å². The molecule has 0 amide bonds. The average Bonchev–Trinajstić information content (AvgIpc) is 3.17. The van der Waals surface area contributed by atoms with Gasteiger partial charge in [-0.2, -0.15) is 10.2 Å². The summed E-state index contributed by atoms with van der Waals surface area (Å²) in [6, 6.07) is 12.7. The van der Waals surface area contributed by atoms with Crippen LogP contribution in [0.4, 0.5) is 5.69 Å². The van der Waals surface area contributed by atoms with E-state index in [0.717, 1.165) is 22.4 Å². The monoisotopic (exact) mass is 386 g/mol. The first-order valence-corrected chi connectivity index (χ1v) is 9.03. The number of hydrogen-bond donors (Lipinski definition) is 3. The van der Waals surface area contributed by atoms with Crippen LogP contribution in [0.25, 0.3) is 38.0 Å². The molecule has 0 spiro atoms. The number of aliphatic hydroxyl groups is 1. The number of aromatic nitrogens is 4. The van der Waals surface area contributed by atoms with Crippen LogP contribution >= 0.6 is 0 Å². The van der Waals surface area contributed by atoms with Crippen molar-refractivity contribution in [2.45, 2.75) is 13.1 Å². The first-order valence-electron chi connectivity index (χ1n) is 9.03. The molecule has 8 heteroatoms. The van der Waals surface area contributed by atoms with Crippen molar-refractivity contribution in [2.75, 3.05) is 6.61 Å². The molecule has 2 heterocycles. The second kappa shape index (κ2) is 7.67. The summed E-state index contributed by atoms with van der Waals surface area (Å²) in [6.07, 6.45) is 1.70. The van der Waals surface area contributed by atoms with Crippen molar-refractivity contribution >= 4 is 16.5 Å². The van der Waals surface area contributed by atoms with E-state index in [0.29, 0.717) is 28.7 Å². The molecule has 0 atom stereocenters. The van der Waals surface area contributed by atoms with E-state index in [-0.39, 0.29) is 18.7 Å². The van der Waals surface area contributed by atoms with Crippen molar-refractivity contribution in [3.63, 3.8) is 0 Å². The zero-order valence-corrected chi connectivity index (χ0v) is 15.5. The minimum Gasteiger partial charge on any atom is -0.394 e. The van der Waals surface area contributed by atoms with Gasteiger partial charge >= 0.3 is 0 Å². The third-order valence-corrected chi connectivity index (χ3v) is 4.80. The zero-order chi connectivity index (χ0) is 20.4. The van der Waals surface area contributed by atoms with Crippen molar-refractivity contribution in [1.29, 1.82) is 0 Å². The highest BCUT2D eigenvalue weighted by Crippen LogP contribution is 2.38. The summed E-state index contributed by atoms with van der Waals surface area (Å²) in [4.78, 5) is 15.7. The Morgan fingerprint density at radius 2 is 2.00 bits per heavy atom. The summed E-state index contributed by atoms with van der Waals surface area (Å²) < 4.78 is 1.68. The number of aliphatic hydroxyl groups excluding tert-OH is 1. The molecule has 29 heavy (non-hydrogen) atoms. The Morgan fingerprint density at radius 3 is 2.76 bits per heavy atom. The fourth-order valence-corrected chi connectivity index (χ4v) is 3.46. The summed E-state index contributed by atoms with van der Waals surface area (Å²) in [5.41, 5.74) is 9.67. The predicted molar refractivity (Wildman–Crippen MR) is 110 cm³/mol. The number of para-hydroxylation sites is 1. The second-order valence-corrected chi connectivity index (χ2v) is 6.45. The van der Waals surface area contributed by atoms with Crippen LogP contribution in [0.2, 0.25) is 0 Å². The highest BCUT2D eigenvalue weighted by molar-refractivity contribution is 5.93. The molecule has 2 aromatic carbocycles. The molecule has 0 fully saturated rings. The van der Waals surface area contributed by atoms with Gasteiger partial charge in [0.1, 0.15) is 0 Å². The lowest BCUT2D eigenvalue weighted by atomic mass is 9.98. The van der Waals surface area contributed by atoms with Gasteiger partial charge in [0.15, 0.2) is 5.69 Å². The van der Waals surface area contributed by atoms with Gasteiger partial charge in [0, 0.05) is 23.1 Å². The second-order valence-electron chi connectivity index (χ2n) is 6.45. The number of benzene rings is 2. The quantitative estimate of drug-likeness (QED) is 0.456. The number of fused-ring (bicyclic) bond motifs is 1. The summed E-state index contributed by atoms with van der Waals surface area (Å²) in [5.74, 6) is 0. The number of nitrogens with one attached hydrogen (secondary N) is 1. The predicted octanol–water partition coefficient (Wildman–Crippen LogP) is 2.46. The number of rotatable bonds is 5. The van der Waals surface area contributed by atoms with E-state index in [4.69, 9.17) is 12.3 Å². The van der Waals surface area contributed by atoms with Crippen molar-refractivity contribution in [1.82, 2.24) is 20.0 Å². The molecule has 144 valence electrons. The Kier molecular flexibility index (Phi) is 4.91. The molecule has 0 bridgehead atoms. The fraction of sp³-hybridized carbons (Fsp3) is 0.143. The maximum Gasteiger partial charge on any atom is 0.272 e. The highest BCUT2D eigenvalue weighted by Gasteiger charge is 2.18. The fourth-order valence-electron chi connectivity index (χ4n) is 3.46. The molecule has 4 N–H and O–H groups in total. The minimum atomic E-state index is -0.279. The summed E-state index contributed by atoms with van der Waals surface area (Å²) in [6.45, 7) is 7.91. The Bertz CT molecular complexity index is 1300. The molecule has 8 nitrogen and oxygen atoms in total. The Balaban J connectivity index is 1.99. The van der Waals surface area contributed by atoms with E-state index in [1.54, 1.807) is 23.0 Å². The molecule has 0 radical (unpaired) electrons. The van der Waals surface area contributed by atoms with Crippen LogP contribution in [0.15, 0.2) is 53.5 Å². The first kappa shape index (κ1) is 18.6. The van der Waals surface area contributed by atoms with Crippen molar-refractivity contribution in [3.8, 4) is 22.4 Å². The van der Waals surface area contributed by atoms with Crippen LogP contribution in [0.1, 0.15) is 5.69 Å². The van der Waals surface area contributed by atoms with Gasteiger partial charge in [0.05, 0.1) is 42.7 Å². The summed E-state index contributed by atoms with van der Waals surface area (Å²) >= 11 is 0. The number of H-pyrrole nitrogens is 1. The van der Waals surface area contributed by atoms with Crippen LogP contribution in [0.3, 0.4) is 0 Å². The molecule has 0 aliphatic carbocycles. The van der Waals surface area contributed by atoms with E-state index < -0.39 is 0 Å². The van der Waals surface area contributed by atoms with Gasteiger partial charge in [0.25, 0.3) is 5.56 Å². The van der Waals surface area contributed by atoms with Crippen LogP contribution < -0.4 is 11.3 Å². The number of aromatic amines is 1. The Morgan fingerprint density at radius 1 is 1.17 bits per heavy atom. The van der Waals surface area contributed by atoms with E-state index >= 15 is 0 Å². The Labute approximate surface area is 166 Å². The molecule has 0 aliphatic rings. The lowest BCUT2D eigenvalue weighted by Crippen LogP contribution is -2.13. The molecule has 0 saturated carbocycles. The van der Waals surface area contributed by atoms with Gasteiger partial charge in [-0.25, -0.2) is 9.94 Å². The van der Waals surface area contributed by atoms with Crippen LogP contribution in [0.5, 0.6) is 0 Å². The standard InChI is InChI=1S/C21H18N6O2/c1-23-18-5-3-2-4-15(18)20-17(12-24-27(20)8-9-28)13-6-7-14-16(10-13)19(11-22)25-26-21(14)29/h2-7,10,12,28H,8-9,11,22H2,(H,26,29). The van der Waals surface area contributed by atoms with E-state index in [2.05, 4.69) is 20.1 Å². The molecular formula is C21H18N6O2. The molecule has 2 aromatic heterocycles. The van der Waals surface area contributed by atoms with Gasteiger partial charge < -0.3 is 10.8 Å². The normalized spacial score (nSPS) is 10.9.